The summed E-state index contributed by atoms with van der Waals surface area (Å²) in [5.41, 5.74) is 0.898. The van der Waals surface area contributed by atoms with Gasteiger partial charge in [-0.3, -0.25) is 14.4 Å². The van der Waals surface area contributed by atoms with Gasteiger partial charge in [0.2, 0.25) is 0 Å². The van der Waals surface area contributed by atoms with Crippen LogP contribution in [0.5, 0.6) is 0 Å². The molecule has 0 saturated carbocycles. The maximum atomic E-state index is 13.0. The summed E-state index contributed by atoms with van der Waals surface area (Å²) < 4.78 is 5.34. The molecule has 0 aromatic heterocycles. The number of nitrogens with zero attached hydrogens (tertiary/aromatic N) is 2. The van der Waals surface area contributed by atoms with Gasteiger partial charge in [-0.25, -0.2) is 0 Å². The number of piperazine rings is 1. The standard InChI is InChI=1S/C15H16N2O5S/c1-8(19)22-10-5-3-4-9-6-14-12(20)16(2)15(7-18,23-14)13(21)17(14)11(9)10/h3-5,10-11,18H,6-7H2,1-2H3/t10-,11-,14+,15-/m0/s1. The third kappa shape index (κ3) is 1.53. The highest BCUT2D eigenvalue weighted by molar-refractivity contribution is 8.04. The summed E-state index contributed by atoms with van der Waals surface area (Å²) in [6.45, 7) is 0.883. The minimum atomic E-state index is -1.26. The van der Waals surface area contributed by atoms with Crippen LogP contribution in [0.3, 0.4) is 0 Å². The predicted molar refractivity (Wildman–Crippen MR) is 80.9 cm³/mol. The van der Waals surface area contributed by atoms with Crippen LogP contribution < -0.4 is 0 Å². The molecule has 0 unspecified atom stereocenters. The second kappa shape index (κ2) is 4.39. The molecule has 1 N–H and O–H groups in total. The number of thioether (sulfide) groups is 1. The molecule has 4 rings (SSSR count). The molecule has 0 aromatic carbocycles. The quantitative estimate of drug-likeness (QED) is 0.692. The van der Waals surface area contributed by atoms with Crippen LogP contribution in [-0.2, 0) is 19.1 Å². The molecule has 122 valence electrons. The number of carbonyl (C=O) groups is 3. The number of aliphatic hydroxyl groups is 1. The minimum Gasteiger partial charge on any atom is -0.456 e. The molecule has 2 bridgehead atoms. The highest BCUT2D eigenvalue weighted by Gasteiger charge is 2.77. The zero-order valence-corrected chi connectivity index (χ0v) is 13.5. The topological polar surface area (TPSA) is 87.2 Å². The van der Waals surface area contributed by atoms with Crippen molar-refractivity contribution in [3.8, 4) is 0 Å². The lowest BCUT2D eigenvalue weighted by atomic mass is 9.96. The second-order valence-electron chi connectivity index (χ2n) is 6.19. The van der Waals surface area contributed by atoms with Gasteiger partial charge in [-0.15, -0.1) is 0 Å². The molecule has 3 heterocycles. The van der Waals surface area contributed by atoms with Gasteiger partial charge in [0, 0.05) is 20.4 Å². The summed E-state index contributed by atoms with van der Waals surface area (Å²) in [7, 11) is 1.55. The van der Waals surface area contributed by atoms with Crippen LogP contribution >= 0.6 is 11.8 Å². The molecule has 2 amide bonds. The maximum Gasteiger partial charge on any atom is 0.303 e. The summed E-state index contributed by atoms with van der Waals surface area (Å²) >= 11 is 1.20. The Labute approximate surface area is 136 Å². The Kier molecular flexibility index (Phi) is 2.82. The highest BCUT2D eigenvalue weighted by atomic mass is 32.2. The fraction of sp³-hybridized carbons (Fsp3) is 0.533. The predicted octanol–water partition coefficient (Wildman–Crippen LogP) is -0.381. The van der Waals surface area contributed by atoms with E-state index in [-0.39, 0.29) is 11.8 Å². The smallest absolute Gasteiger partial charge is 0.303 e. The van der Waals surface area contributed by atoms with Crippen molar-refractivity contribution < 1.29 is 24.2 Å². The average molecular weight is 336 g/mol. The molecule has 8 heteroatoms. The Bertz CT molecular complexity index is 704. The molecule has 4 aliphatic rings. The number of amides is 2. The zero-order valence-electron chi connectivity index (χ0n) is 12.7. The Morgan fingerprint density at radius 2 is 2.22 bits per heavy atom. The number of rotatable bonds is 2. The zero-order chi connectivity index (χ0) is 16.6. The Morgan fingerprint density at radius 1 is 1.48 bits per heavy atom. The number of allylic oxidation sites excluding steroid dienone is 2. The monoisotopic (exact) mass is 336 g/mol. The first kappa shape index (κ1) is 14.8. The van der Waals surface area contributed by atoms with E-state index in [2.05, 4.69) is 0 Å². The Morgan fingerprint density at radius 3 is 2.87 bits per heavy atom. The van der Waals surface area contributed by atoms with Gasteiger partial charge >= 0.3 is 5.97 Å². The number of hydrogen-bond donors (Lipinski definition) is 1. The summed E-state index contributed by atoms with van der Waals surface area (Å²) in [5.74, 6) is -0.924. The van der Waals surface area contributed by atoms with Gasteiger partial charge in [0.15, 0.2) is 9.74 Å². The Hall–Kier alpha value is -1.80. The van der Waals surface area contributed by atoms with Gasteiger partial charge in [-0.2, -0.15) is 0 Å². The largest absolute Gasteiger partial charge is 0.456 e. The van der Waals surface area contributed by atoms with Gasteiger partial charge in [0.1, 0.15) is 6.10 Å². The average Bonchev–Trinajstić information content (AvgIpc) is 3.04. The van der Waals surface area contributed by atoms with Gasteiger partial charge in [0.25, 0.3) is 11.8 Å². The second-order valence-corrected chi connectivity index (χ2v) is 7.75. The van der Waals surface area contributed by atoms with Crippen LogP contribution in [0, 0.1) is 0 Å². The number of aliphatic hydroxyl groups excluding tert-OH is 1. The third-order valence-electron chi connectivity index (χ3n) is 5.00. The molecule has 4 atom stereocenters. The fourth-order valence-corrected chi connectivity index (χ4v) is 5.80. The van der Waals surface area contributed by atoms with Crippen molar-refractivity contribution in [1.82, 2.24) is 9.80 Å². The Balaban J connectivity index is 1.81. The van der Waals surface area contributed by atoms with Crippen molar-refractivity contribution in [2.24, 2.45) is 0 Å². The van der Waals surface area contributed by atoms with Crippen LogP contribution in [0.25, 0.3) is 0 Å². The van der Waals surface area contributed by atoms with Gasteiger partial charge in [-0.1, -0.05) is 23.9 Å². The van der Waals surface area contributed by atoms with Gasteiger partial charge < -0.3 is 19.6 Å². The molecule has 0 radical (unpaired) electrons. The number of fused-ring (bicyclic) bond motifs is 3. The van der Waals surface area contributed by atoms with E-state index < -0.39 is 34.5 Å². The lowest BCUT2D eigenvalue weighted by molar-refractivity contribution is -0.164. The van der Waals surface area contributed by atoms with E-state index in [1.165, 1.54) is 28.5 Å². The SMILES string of the molecule is CC(=O)O[C@H]1C=CC=C2C[C@]34S[C@@](CO)(C(=O)N3[C@@H]21)N(C)C4=O. The van der Waals surface area contributed by atoms with Crippen molar-refractivity contribution in [1.29, 1.82) is 0 Å². The van der Waals surface area contributed by atoms with Crippen molar-refractivity contribution in [2.45, 2.75) is 35.2 Å². The van der Waals surface area contributed by atoms with Crippen molar-refractivity contribution in [3.05, 3.63) is 23.8 Å². The molecule has 1 spiro atoms. The van der Waals surface area contributed by atoms with Gasteiger partial charge in [-0.05, 0) is 11.6 Å². The van der Waals surface area contributed by atoms with E-state index in [0.29, 0.717) is 6.42 Å². The van der Waals surface area contributed by atoms with E-state index >= 15 is 0 Å². The van der Waals surface area contributed by atoms with E-state index in [0.717, 1.165) is 5.57 Å². The van der Waals surface area contributed by atoms with Gasteiger partial charge in [0.05, 0.1) is 12.6 Å². The first-order valence-corrected chi connectivity index (χ1v) is 8.16. The van der Waals surface area contributed by atoms with E-state index in [1.54, 1.807) is 19.2 Å². The molecule has 1 aliphatic carbocycles. The van der Waals surface area contributed by atoms with Crippen LogP contribution in [0.15, 0.2) is 23.8 Å². The number of hydrogen-bond acceptors (Lipinski definition) is 6. The van der Waals surface area contributed by atoms with E-state index in [1.807, 2.05) is 6.08 Å². The van der Waals surface area contributed by atoms with Crippen molar-refractivity contribution in [3.63, 3.8) is 0 Å². The van der Waals surface area contributed by atoms with Crippen LogP contribution in [-0.4, -0.2) is 68.2 Å². The third-order valence-corrected chi connectivity index (χ3v) is 6.77. The number of esters is 1. The molecular weight excluding hydrogens is 320 g/mol. The van der Waals surface area contributed by atoms with Crippen molar-refractivity contribution >= 4 is 29.5 Å². The summed E-state index contributed by atoms with van der Waals surface area (Å²) in [6, 6.07) is -0.477. The van der Waals surface area contributed by atoms with E-state index in [9.17, 15) is 19.5 Å². The molecule has 23 heavy (non-hydrogen) atoms. The van der Waals surface area contributed by atoms with Crippen molar-refractivity contribution in [2.75, 3.05) is 13.7 Å². The lowest BCUT2D eigenvalue weighted by Gasteiger charge is -2.41. The fourth-order valence-electron chi connectivity index (χ4n) is 4.01. The molecule has 0 aromatic rings. The number of carbonyl (C=O) groups excluding carboxylic acids is 3. The summed E-state index contributed by atoms with van der Waals surface area (Å²) in [5, 5.41) is 9.78. The normalized spacial score (nSPS) is 40.4. The molecule has 7 nitrogen and oxygen atoms in total. The maximum absolute atomic E-state index is 13.0. The van der Waals surface area contributed by atoms with Crippen LogP contribution in [0.4, 0.5) is 0 Å². The summed E-state index contributed by atoms with van der Waals surface area (Å²) in [6.07, 6.45) is 5.16. The molecule has 3 aliphatic heterocycles. The molecule has 3 fully saturated rings. The van der Waals surface area contributed by atoms with Crippen LogP contribution in [0.2, 0.25) is 0 Å². The summed E-state index contributed by atoms with van der Waals surface area (Å²) in [4.78, 5) is 37.7. The number of ether oxygens (including phenoxy) is 1. The van der Waals surface area contributed by atoms with E-state index in [4.69, 9.17) is 4.74 Å². The first-order valence-electron chi connectivity index (χ1n) is 7.35. The molecular formula is C15H16N2O5S. The van der Waals surface area contributed by atoms with Crippen LogP contribution in [0.1, 0.15) is 13.3 Å². The minimum absolute atomic E-state index is 0.187. The molecule has 3 saturated heterocycles. The number of likely N-dealkylation sites (N-methyl/N-ethyl adjacent to an activating group) is 1. The highest BCUT2D eigenvalue weighted by Crippen LogP contribution is 2.64. The lowest BCUT2D eigenvalue weighted by Crippen LogP contribution is -2.65. The first-order chi connectivity index (χ1) is 10.9.